The first-order valence-electron chi connectivity index (χ1n) is 8.78. The van der Waals surface area contributed by atoms with Crippen LogP contribution in [0.15, 0.2) is 61.2 Å². The second-order valence-electron chi connectivity index (χ2n) is 6.75. The van der Waals surface area contributed by atoms with Crippen molar-refractivity contribution in [3.8, 4) is 5.69 Å². The number of rotatable bonds is 3. The molecule has 1 aliphatic heterocycles. The van der Waals surface area contributed by atoms with Crippen molar-refractivity contribution in [2.75, 3.05) is 13.1 Å². The summed E-state index contributed by atoms with van der Waals surface area (Å²) < 4.78 is 14.9. The number of aromatic nitrogens is 3. The van der Waals surface area contributed by atoms with Gasteiger partial charge in [-0.2, -0.15) is 0 Å². The van der Waals surface area contributed by atoms with Crippen LogP contribution in [0.25, 0.3) is 5.69 Å². The average Bonchev–Trinajstić information content (AvgIpc) is 3.23. The first-order valence-corrected chi connectivity index (χ1v) is 8.78. The highest BCUT2D eigenvalue weighted by atomic mass is 19.1. The predicted octanol–water partition coefficient (Wildman–Crippen LogP) is 2.53. The maximum Gasteiger partial charge on any atom is 0.253 e. The number of hydrogen-bond donors (Lipinski definition) is 1. The lowest BCUT2D eigenvalue weighted by Crippen LogP contribution is -2.45. The molecule has 0 bridgehead atoms. The van der Waals surface area contributed by atoms with Gasteiger partial charge in [0.05, 0.1) is 5.60 Å². The molecule has 1 fully saturated rings. The lowest BCUT2D eigenvalue weighted by Gasteiger charge is -2.38. The van der Waals surface area contributed by atoms with Crippen molar-refractivity contribution in [1.82, 2.24) is 19.7 Å². The zero-order chi connectivity index (χ0) is 18.9. The number of nitrogens with zero attached hydrogens (tertiary/aromatic N) is 4. The smallest absolute Gasteiger partial charge is 0.253 e. The third-order valence-corrected chi connectivity index (χ3v) is 5.09. The molecule has 2 heterocycles. The van der Waals surface area contributed by atoms with Gasteiger partial charge in [0.2, 0.25) is 0 Å². The van der Waals surface area contributed by atoms with Gasteiger partial charge in [-0.15, -0.1) is 10.2 Å². The van der Waals surface area contributed by atoms with Crippen LogP contribution in [-0.4, -0.2) is 43.8 Å². The highest BCUT2D eigenvalue weighted by Gasteiger charge is 2.35. The standard InChI is InChI=1S/C20H19FN4O2/c21-17-5-3-16(4-6-17)20(27)9-11-24(12-10-20)19(26)15-1-7-18(8-2-15)25-13-22-23-14-25/h1-8,13-14,27H,9-12H2. The minimum atomic E-state index is -1.03. The molecular weight excluding hydrogens is 347 g/mol. The summed E-state index contributed by atoms with van der Waals surface area (Å²) in [7, 11) is 0. The second-order valence-corrected chi connectivity index (χ2v) is 6.75. The number of amides is 1. The van der Waals surface area contributed by atoms with Crippen LogP contribution < -0.4 is 0 Å². The normalized spacial score (nSPS) is 16.3. The van der Waals surface area contributed by atoms with Gasteiger partial charge in [0.25, 0.3) is 5.91 Å². The van der Waals surface area contributed by atoms with Gasteiger partial charge in [0.1, 0.15) is 18.5 Å². The lowest BCUT2D eigenvalue weighted by molar-refractivity contribution is -0.0211. The molecule has 1 N–H and O–H groups in total. The van der Waals surface area contributed by atoms with E-state index >= 15 is 0 Å². The molecule has 7 heteroatoms. The molecule has 1 aliphatic rings. The fourth-order valence-electron chi connectivity index (χ4n) is 3.42. The van der Waals surface area contributed by atoms with Gasteiger partial charge in [-0.3, -0.25) is 9.36 Å². The van der Waals surface area contributed by atoms with Crippen LogP contribution in [0.1, 0.15) is 28.8 Å². The average molecular weight is 366 g/mol. The van der Waals surface area contributed by atoms with E-state index in [4.69, 9.17) is 0 Å². The van der Waals surface area contributed by atoms with Crippen molar-refractivity contribution >= 4 is 5.91 Å². The molecule has 6 nitrogen and oxygen atoms in total. The highest BCUT2D eigenvalue weighted by molar-refractivity contribution is 5.94. The Balaban J connectivity index is 1.43. The molecule has 3 aromatic rings. The van der Waals surface area contributed by atoms with Crippen molar-refractivity contribution in [1.29, 1.82) is 0 Å². The first kappa shape index (κ1) is 17.4. The van der Waals surface area contributed by atoms with Crippen LogP contribution in [0.2, 0.25) is 0 Å². The monoisotopic (exact) mass is 366 g/mol. The largest absolute Gasteiger partial charge is 0.385 e. The van der Waals surface area contributed by atoms with E-state index in [9.17, 15) is 14.3 Å². The number of carbonyl (C=O) groups is 1. The topological polar surface area (TPSA) is 71.2 Å². The van der Waals surface area contributed by atoms with Crippen molar-refractivity contribution in [2.24, 2.45) is 0 Å². The molecule has 2 aromatic carbocycles. The number of likely N-dealkylation sites (tertiary alicyclic amines) is 1. The number of halogens is 1. The van der Waals surface area contributed by atoms with Crippen molar-refractivity contribution in [3.05, 3.63) is 78.1 Å². The Hall–Kier alpha value is -3.06. The number of aliphatic hydroxyl groups is 1. The minimum Gasteiger partial charge on any atom is -0.385 e. The fourth-order valence-corrected chi connectivity index (χ4v) is 3.42. The van der Waals surface area contributed by atoms with E-state index in [1.54, 1.807) is 46.4 Å². The zero-order valence-electron chi connectivity index (χ0n) is 14.6. The van der Waals surface area contributed by atoms with Crippen LogP contribution in [0.5, 0.6) is 0 Å². The van der Waals surface area contributed by atoms with Crippen LogP contribution in [0.3, 0.4) is 0 Å². The van der Waals surface area contributed by atoms with Gasteiger partial charge in [-0.1, -0.05) is 12.1 Å². The SMILES string of the molecule is O=C(c1ccc(-n2cnnc2)cc1)N1CCC(O)(c2ccc(F)cc2)CC1. The van der Waals surface area contributed by atoms with Gasteiger partial charge in [0, 0.05) is 24.3 Å². The third-order valence-electron chi connectivity index (χ3n) is 5.09. The van der Waals surface area contributed by atoms with Gasteiger partial charge in [0.15, 0.2) is 0 Å². The summed E-state index contributed by atoms with van der Waals surface area (Å²) in [6, 6.07) is 13.2. The van der Waals surface area contributed by atoms with Crippen molar-refractivity contribution in [3.63, 3.8) is 0 Å². The summed E-state index contributed by atoms with van der Waals surface area (Å²) in [5.74, 6) is -0.392. The Bertz CT molecular complexity index is 916. The molecule has 4 rings (SSSR count). The van der Waals surface area contributed by atoms with Crippen LogP contribution in [-0.2, 0) is 5.60 Å². The van der Waals surface area contributed by atoms with Gasteiger partial charge in [-0.25, -0.2) is 4.39 Å². The van der Waals surface area contributed by atoms with Crippen molar-refractivity contribution in [2.45, 2.75) is 18.4 Å². The second kappa shape index (κ2) is 6.92. The van der Waals surface area contributed by atoms with E-state index in [1.807, 2.05) is 12.1 Å². The Labute approximate surface area is 155 Å². The summed E-state index contributed by atoms with van der Waals surface area (Å²) in [4.78, 5) is 14.5. The maximum atomic E-state index is 13.1. The van der Waals surface area contributed by atoms with Crippen molar-refractivity contribution < 1.29 is 14.3 Å². The fraction of sp³-hybridized carbons (Fsp3) is 0.250. The molecule has 1 aromatic heterocycles. The molecule has 0 spiro atoms. The molecule has 1 saturated heterocycles. The zero-order valence-corrected chi connectivity index (χ0v) is 14.6. The van der Waals surface area contributed by atoms with E-state index in [2.05, 4.69) is 10.2 Å². The number of hydrogen-bond acceptors (Lipinski definition) is 4. The number of carbonyl (C=O) groups excluding carboxylic acids is 1. The Morgan fingerprint density at radius 1 is 0.963 bits per heavy atom. The Morgan fingerprint density at radius 2 is 1.56 bits per heavy atom. The van der Waals surface area contributed by atoms with Gasteiger partial charge >= 0.3 is 0 Å². The number of benzene rings is 2. The van der Waals surface area contributed by atoms with Gasteiger partial charge < -0.3 is 10.0 Å². The summed E-state index contributed by atoms with van der Waals surface area (Å²) in [6.07, 6.45) is 4.03. The molecule has 0 saturated carbocycles. The summed E-state index contributed by atoms with van der Waals surface area (Å²) >= 11 is 0. The maximum absolute atomic E-state index is 13.1. The van der Waals surface area contributed by atoms with Crippen LogP contribution in [0, 0.1) is 5.82 Å². The minimum absolute atomic E-state index is 0.0635. The van der Waals surface area contributed by atoms with Gasteiger partial charge in [-0.05, 0) is 54.8 Å². The molecule has 138 valence electrons. The summed E-state index contributed by atoms with van der Waals surface area (Å²) in [5, 5.41) is 18.4. The predicted molar refractivity (Wildman–Crippen MR) is 96.8 cm³/mol. The quantitative estimate of drug-likeness (QED) is 0.773. The van der Waals surface area contributed by atoms with Crippen LogP contribution >= 0.6 is 0 Å². The summed E-state index contributed by atoms with van der Waals surface area (Å²) in [5.41, 5.74) is 1.14. The molecule has 0 atom stereocenters. The molecule has 1 amide bonds. The Morgan fingerprint density at radius 3 is 2.15 bits per heavy atom. The highest BCUT2D eigenvalue weighted by Crippen LogP contribution is 2.33. The summed E-state index contributed by atoms with van der Waals surface area (Å²) in [6.45, 7) is 0.889. The molecule has 0 unspecified atom stereocenters. The Kier molecular flexibility index (Phi) is 4.45. The molecule has 0 aliphatic carbocycles. The van der Waals surface area contributed by atoms with E-state index < -0.39 is 5.60 Å². The van der Waals surface area contributed by atoms with E-state index in [-0.39, 0.29) is 11.7 Å². The third kappa shape index (κ3) is 3.46. The first-order chi connectivity index (χ1) is 13.0. The number of piperidine rings is 1. The van der Waals surface area contributed by atoms with E-state index in [0.717, 1.165) is 5.69 Å². The molecular formula is C20H19FN4O2. The van der Waals surface area contributed by atoms with E-state index in [1.165, 1.54) is 12.1 Å². The molecule has 27 heavy (non-hydrogen) atoms. The lowest BCUT2D eigenvalue weighted by atomic mass is 9.84. The molecule has 0 radical (unpaired) electrons. The van der Waals surface area contributed by atoms with E-state index in [0.29, 0.717) is 37.1 Å². The van der Waals surface area contributed by atoms with Crippen LogP contribution in [0.4, 0.5) is 4.39 Å².